The molecule has 4 aromatic rings. The Morgan fingerprint density at radius 1 is 0.781 bits per heavy atom. The zero-order valence-corrected chi connectivity index (χ0v) is 18.7. The number of para-hydroxylation sites is 1. The molecule has 1 aliphatic rings. The van der Waals surface area contributed by atoms with E-state index in [1.807, 2.05) is 12.1 Å². The maximum atomic E-state index is 5.64. The molecule has 0 saturated heterocycles. The van der Waals surface area contributed by atoms with Gasteiger partial charge in [0.2, 0.25) is 11.4 Å². The van der Waals surface area contributed by atoms with Crippen molar-refractivity contribution in [3.63, 3.8) is 0 Å². The lowest BCUT2D eigenvalue weighted by Crippen LogP contribution is -2.38. The maximum Gasteiger partial charge on any atom is 0.213 e. The second-order valence-electron chi connectivity index (χ2n) is 8.33. The molecular formula is C30H28NO+. The third kappa shape index (κ3) is 3.73. The van der Waals surface area contributed by atoms with Crippen molar-refractivity contribution in [1.29, 1.82) is 0 Å². The van der Waals surface area contributed by atoms with E-state index < -0.39 is 0 Å². The lowest BCUT2D eigenvalue weighted by Gasteiger charge is -2.22. The van der Waals surface area contributed by atoms with E-state index in [4.69, 9.17) is 4.74 Å². The number of hydrogen-bond donors (Lipinski definition) is 0. The van der Waals surface area contributed by atoms with Crippen LogP contribution in [0.25, 0.3) is 34.0 Å². The van der Waals surface area contributed by atoms with E-state index in [0.717, 1.165) is 30.6 Å². The topological polar surface area (TPSA) is 13.1 Å². The Morgan fingerprint density at radius 2 is 1.44 bits per heavy atom. The van der Waals surface area contributed by atoms with Crippen LogP contribution in [-0.4, -0.2) is 7.11 Å². The highest BCUT2D eigenvalue weighted by atomic mass is 16.5. The molecule has 5 rings (SSSR count). The zero-order valence-electron chi connectivity index (χ0n) is 18.7. The van der Waals surface area contributed by atoms with Gasteiger partial charge in [0.15, 0.2) is 0 Å². The van der Waals surface area contributed by atoms with Crippen LogP contribution in [0.2, 0.25) is 0 Å². The normalized spacial score (nSPS) is 14.2. The number of fused-ring (bicyclic) bond motifs is 1. The van der Waals surface area contributed by atoms with E-state index in [-0.39, 0.29) is 0 Å². The standard InChI is InChI=1S/C30H28NO/c1-31-28(23-14-7-4-8-15-23)21-27(22-12-5-3-6-13-22)26-18-11-17-25(30(26)31)20-24-16-9-10-19-29(24)32-2/h3-10,12-16,19-21H,11,17-18H2,1-2H3/q+1/b25-20+. The zero-order chi connectivity index (χ0) is 21.9. The van der Waals surface area contributed by atoms with Crippen molar-refractivity contribution < 1.29 is 9.30 Å². The summed E-state index contributed by atoms with van der Waals surface area (Å²) in [6, 6.07) is 32.1. The number of nitrogens with zero attached hydrogens (tertiary/aromatic N) is 1. The molecule has 32 heavy (non-hydrogen) atoms. The minimum atomic E-state index is 0.914. The highest BCUT2D eigenvalue weighted by Gasteiger charge is 2.29. The van der Waals surface area contributed by atoms with Gasteiger partial charge in [-0.15, -0.1) is 0 Å². The molecule has 1 aromatic heterocycles. The fraction of sp³-hybridized carbons (Fsp3) is 0.167. The number of allylic oxidation sites excluding steroid dienone is 1. The number of aromatic nitrogens is 1. The van der Waals surface area contributed by atoms with Crippen LogP contribution >= 0.6 is 0 Å². The number of rotatable bonds is 4. The molecule has 0 saturated carbocycles. The second-order valence-corrected chi connectivity index (χ2v) is 8.33. The van der Waals surface area contributed by atoms with Crippen LogP contribution in [0.1, 0.15) is 29.7 Å². The first-order valence-corrected chi connectivity index (χ1v) is 11.3. The average Bonchev–Trinajstić information content (AvgIpc) is 2.86. The molecule has 0 spiro atoms. The Bertz CT molecular complexity index is 1270. The van der Waals surface area contributed by atoms with Gasteiger partial charge in [0.1, 0.15) is 12.8 Å². The number of hydrogen-bond acceptors (Lipinski definition) is 1. The largest absolute Gasteiger partial charge is 0.496 e. The Morgan fingerprint density at radius 3 is 2.16 bits per heavy atom. The van der Waals surface area contributed by atoms with Crippen molar-refractivity contribution >= 4 is 11.6 Å². The van der Waals surface area contributed by atoms with Crippen LogP contribution in [0.15, 0.2) is 91.0 Å². The summed E-state index contributed by atoms with van der Waals surface area (Å²) in [4.78, 5) is 0. The molecule has 2 nitrogen and oxygen atoms in total. The van der Waals surface area contributed by atoms with Gasteiger partial charge >= 0.3 is 0 Å². The lowest BCUT2D eigenvalue weighted by molar-refractivity contribution is -0.663. The van der Waals surface area contributed by atoms with E-state index in [0.29, 0.717) is 0 Å². The molecule has 0 aliphatic heterocycles. The molecule has 1 aliphatic carbocycles. The van der Waals surface area contributed by atoms with Crippen molar-refractivity contribution in [3.05, 3.63) is 108 Å². The first-order chi connectivity index (χ1) is 15.8. The molecule has 1 heterocycles. The average molecular weight is 419 g/mol. The SMILES string of the molecule is COc1ccccc1/C=C1\CCCc2c(-c3ccccc3)cc(-c3ccccc3)[n+](C)c21. The molecule has 0 atom stereocenters. The molecule has 3 aromatic carbocycles. The van der Waals surface area contributed by atoms with Crippen molar-refractivity contribution in [3.8, 4) is 28.1 Å². The lowest BCUT2D eigenvalue weighted by atomic mass is 9.84. The fourth-order valence-corrected chi connectivity index (χ4v) is 4.88. The van der Waals surface area contributed by atoms with Gasteiger partial charge in [-0.1, -0.05) is 66.7 Å². The molecule has 0 N–H and O–H groups in total. The minimum absolute atomic E-state index is 0.914. The molecule has 0 bridgehead atoms. The number of ether oxygens (including phenoxy) is 1. The van der Waals surface area contributed by atoms with Crippen LogP contribution < -0.4 is 9.30 Å². The van der Waals surface area contributed by atoms with Gasteiger partial charge in [0, 0.05) is 28.3 Å². The summed E-state index contributed by atoms with van der Waals surface area (Å²) in [5, 5.41) is 0. The smallest absolute Gasteiger partial charge is 0.213 e. The molecule has 158 valence electrons. The summed E-state index contributed by atoms with van der Waals surface area (Å²) in [6.45, 7) is 0. The van der Waals surface area contributed by atoms with Gasteiger partial charge in [-0.2, -0.15) is 4.57 Å². The summed E-state index contributed by atoms with van der Waals surface area (Å²) in [7, 11) is 3.95. The predicted molar refractivity (Wildman–Crippen MR) is 132 cm³/mol. The Hall–Kier alpha value is -3.65. The maximum absolute atomic E-state index is 5.64. The predicted octanol–water partition coefficient (Wildman–Crippen LogP) is 6.73. The monoisotopic (exact) mass is 418 g/mol. The Kier molecular flexibility index (Phi) is 5.60. The van der Waals surface area contributed by atoms with Crippen molar-refractivity contribution in [2.24, 2.45) is 7.05 Å². The number of benzene rings is 3. The quantitative estimate of drug-likeness (QED) is 0.335. The van der Waals surface area contributed by atoms with Gasteiger partial charge in [0.05, 0.1) is 7.11 Å². The minimum Gasteiger partial charge on any atom is -0.496 e. The van der Waals surface area contributed by atoms with Gasteiger partial charge < -0.3 is 4.74 Å². The summed E-state index contributed by atoms with van der Waals surface area (Å²) < 4.78 is 8.03. The van der Waals surface area contributed by atoms with E-state index in [1.54, 1.807) is 7.11 Å². The highest BCUT2D eigenvalue weighted by molar-refractivity contribution is 5.86. The third-order valence-corrected chi connectivity index (χ3v) is 6.39. The highest BCUT2D eigenvalue weighted by Crippen LogP contribution is 2.38. The van der Waals surface area contributed by atoms with Crippen LogP contribution in [0.5, 0.6) is 5.75 Å². The van der Waals surface area contributed by atoms with E-state index in [1.165, 1.54) is 39.2 Å². The van der Waals surface area contributed by atoms with Gasteiger partial charge in [-0.25, -0.2) is 0 Å². The van der Waals surface area contributed by atoms with E-state index >= 15 is 0 Å². The molecular weight excluding hydrogens is 390 g/mol. The third-order valence-electron chi connectivity index (χ3n) is 6.39. The van der Waals surface area contributed by atoms with Crippen LogP contribution in [0.4, 0.5) is 0 Å². The van der Waals surface area contributed by atoms with Crippen molar-refractivity contribution in [2.75, 3.05) is 7.11 Å². The molecule has 0 radical (unpaired) electrons. The van der Waals surface area contributed by atoms with Crippen LogP contribution in [0.3, 0.4) is 0 Å². The molecule has 0 amide bonds. The second kappa shape index (κ2) is 8.84. The molecule has 0 fully saturated rings. The van der Waals surface area contributed by atoms with Gasteiger partial charge in [-0.3, -0.25) is 0 Å². The number of pyridine rings is 1. The summed E-state index contributed by atoms with van der Waals surface area (Å²) in [6.07, 6.45) is 5.62. The van der Waals surface area contributed by atoms with E-state index in [2.05, 4.69) is 96.6 Å². The summed E-state index contributed by atoms with van der Waals surface area (Å²) in [5.41, 5.74) is 10.3. The van der Waals surface area contributed by atoms with Crippen molar-refractivity contribution in [1.82, 2.24) is 0 Å². The van der Waals surface area contributed by atoms with Gasteiger partial charge in [0.25, 0.3) is 0 Å². The molecule has 2 heteroatoms. The number of methoxy groups -OCH3 is 1. The Labute approximate surface area is 190 Å². The summed E-state index contributed by atoms with van der Waals surface area (Å²) >= 11 is 0. The fourth-order valence-electron chi connectivity index (χ4n) is 4.88. The van der Waals surface area contributed by atoms with Crippen molar-refractivity contribution in [2.45, 2.75) is 19.3 Å². The van der Waals surface area contributed by atoms with Crippen LogP contribution in [0, 0.1) is 0 Å². The molecule has 0 unspecified atom stereocenters. The first-order valence-electron chi connectivity index (χ1n) is 11.3. The summed E-state index contributed by atoms with van der Waals surface area (Å²) in [5.74, 6) is 0.914. The first kappa shape index (κ1) is 20.3. The Balaban J connectivity index is 1.78. The van der Waals surface area contributed by atoms with Gasteiger partial charge in [-0.05, 0) is 54.7 Å². The van der Waals surface area contributed by atoms with Crippen LogP contribution in [-0.2, 0) is 13.5 Å². The van der Waals surface area contributed by atoms with E-state index in [9.17, 15) is 0 Å².